The molecule has 162 valence electrons. The van der Waals surface area contributed by atoms with Gasteiger partial charge in [0.2, 0.25) is 0 Å². The van der Waals surface area contributed by atoms with E-state index in [0.717, 1.165) is 11.3 Å². The number of ether oxygens (including phenoxy) is 2. The minimum Gasteiger partial charge on any atom is -0.497 e. The average Bonchev–Trinajstić information content (AvgIpc) is 3.25. The predicted octanol–water partition coefficient (Wildman–Crippen LogP) is 4.61. The van der Waals surface area contributed by atoms with Crippen LogP contribution in [0.4, 0.5) is 0 Å². The summed E-state index contributed by atoms with van der Waals surface area (Å²) in [6.45, 7) is 3.58. The summed E-state index contributed by atoms with van der Waals surface area (Å²) in [7, 11) is 1.60. The number of nitrogens with zero attached hydrogens (tertiary/aromatic N) is 1. The molecule has 0 fully saturated rings. The van der Waals surface area contributed by atoms with Crippen molar-refractivity contribution in [2.45, 2.75) is 26.5 Å². The Morgan fingerprint density at radius 2 is 1.84 bits per heavy atom. The molecule has 1 heterocycles. The fourth-order valence-corrected chi connectivity index (χ4v) is 3.34. The van der Waals surface area contributed by atoms with Crippen molar-refractivity contribution in [2.24, 2.45) is 5.92 Å². The molecule has 0 spiro atoms. The minimum absolute atomic E-state index is 0.0872. The zero-order chi connectivity index (χ0) is 22.4. The highest BCUT2D eigenvalue weighted by molar-refractivity contribution is 9.10. The Bertz CT molecular complexity index is 1050. The van der Waals surface area contributed by atoms with Gasteiger partial charge in [-0.05, 0) is 58.2 Å². The Balaban J connectivity index is 1.62. The summed E-state index contributed by atoms with van der Waals surface area (Å²) in [5.74, 6) is 0.0791. The van der Waals surface area contributed by atoms with Crippen LogP contribution in [0.15, 0.2) is 63.6 Å². The van der Waals surface area contributed by atoms with Gasteiger partial charge in [0.25, 0.3) is 5.91 Å². The largest absolute Gasteiger partial charge is 0.497 e. The van der Waals surface area contributed by atoms with E-state index in [1.165, 1.54) is 0 Å². The number of nitrogens with one attached hydrogen (secondary N) is 1. The molecule has 31 heavy (non-hydrogen) atoms. The van der Waals surface area contributed by atoms with Crippen molar-refractivity contribution in [3.8, 4) is 17.0 Å². The maximum Gasteiger partial charge on any atom is 0.329 e. The maximum atomic E-state index is 12.6. The molecule has 1 atom stereocenters. The third kappa shape index (κ3) is 5.73. The lowest BCUT2D eigenvalue weighted by Crippen LogP contribution is -2.45. The van der Waals surface area contributed by atoms with Crippen LogP contribution in [0.5, 0.6) is 5.75 Å². The second-order valence-corrected chi connectivity index (χ2v) is 8.04. The van der Waals surface area contributed by atoms with Gasteiger partial charge in [0.15, 0.2) is 12.4 Å². The number of amides is 1. The normalized spacial score (nSPS) is 11.8. The number of hydrogen-bond donors (Lipinski definition) is 1. The highest BCUT2D eigenvalue weighted by Gasteiger charge is 2.27. The third-order valence-electron chi connectivity index (χ3n) is 4.63. The van der Waals surface area contributed by atoms with Crippen LogP contribution < -0.4 is 10.1 Å². The number of carbonyl (C=O) groups excluding carboxylic acids is 2. The Morgan fingerprint density at radius 3 is 2.48 bits per heavy atom. The van der Waals surface area contributed by atoms with E-state index in [4.69, 9.17) is 14.0 Å². The Morgan fingerprint density at radius 1 is 1.13 bits per heavy atom. The maximum absolute atomic E-state index is 12.6. The number of esters is 1. The van der Waals surface area contributed by atoms with Gasteiger partial charge < -0.3 is 19.3 Å². The highest BCUT2D eigenvalue weighted by Crippen LogP contribution is 2.22. The second kappa shape index (κ2) is 10.3. The van der Waals surface area contributed by atoms with Gasteiger partial charge >= 0.3 is 5.97 Å². The van der Waals surface area contributed by atoms with E-state index in [9.17, 15) is 9.59 Å². The molecule has 3 aromatic rings. The Labute approximate surface area is 188 Å². The van der Waals surface area contributed by atoms with Crippen molar-refractivity contribution in [3.63, 3.8) is 0 Å². The molecule has 0 saturated carbocycles. The zero-order valence-corrected chi connectivity index (χ0v) is 19.0. The van der Waals surface area contributed by atoms with E-state index >= 15 is 0 Å². The topological polar surface area (TPSA) is 90.7 Å². The van der Waals surface area contributed by atoms with Gasteiger partial charge in [-0.3, -0.25) is 4.79 Å². The number of aromatic nitrogens is 1. The molecule has 0 bridgehead atoms. The molecular weight excluding hydrogens is 464 g/mol. The van der Waals surface area contributed by atoms with Crippen molar-refractivity contribution >= 4 is 27.8 Å². The average molecular weight is 487 g/mol. The van der Waals surface area contributed by atoms with Crippen molar-refractivity contribution in [2.75, 3.05) is 7.11 Å². The number of methoxy groups -OCH3 is 1. The number of rotatable bonds is 8. The molecule has 0 aliphatic carbocycles. The molecule has 1 aromatic heterocycles. The Kier molecular flexibility index (Phi) is 7.46. The molecule has 8 heteroatoms. The van der Waals surface area contributed by atoms with E-state index in [0.29, 0.717) is 21.5 Å². The fraction of sp³-hybridized carbons (Fsp3) is 0.261. The van der Waals surface area contributed by atoms with E-state index in [1.54, 1.807) is 31.4 Å². The zero-order valence-electron chi connectivity index (χ0n) is 17.4. The molecule has 1 N–H and O–H groups in total. The van der Waals surface area contributed by atoms with Crippen LogP contribution in [0.3, 0.4) is 0 Å². The molecule has 0 aliphatic heterocycles. The summed E-state index contributed by atoms with van der Waals surface area (Å²) in [4.78, 5) is 25.2. The summed E-state index contributed by atoms with van der Waals surface area (Å²) in [5, 5.41) is 6.77. The lowest BCUT2D eigenvalue weighted by molar-refractivity contribution is -0.149. The molecule has 3 rings (SSSR count). The van der Waals surface area contributed by atoms with Crippen LogP contribution in [-0.4, -0.2) is 30.2 Å². The SMILES string of the molecule is COc1ccc(-c2cc(COC(=O)[C@@H](NC(=O)c3ccccc3Br)C(C)C)on2)cc1. The van der Waals surface area contributed by atoms with E-state index in [1.807, 2.05) is 44.2 Å². The lowest BCUT2D eigenvalue weighted by atomic mass is 10.0. The molecule has 0 unspecified atom stereocenters. The molecule has 7 nitrogen and oxygen atoms in total. The van der Waals surface area contributed by atoms with Crippen LogP contribution in [0, 0.1) is 5.92 Å². The predicted molar refractivity (Wildman–Crippen MR) is 119 cm³/mol. The van der Waals surface area contributed by atoms with Crippen LogP contribution in [0.2, 0.25) is 0 Å². The number of benzene rings is 2. The standard InChI is InChI=1S/C23H23BrN2O5/c1-14(2)21(25-22(27)18-6-4-5-7-19(18)24)23(28)30-13-17-12-20(26-31-17)15-8-10-16(29-3)11-9-15/h4-12,14,21H,13H2,1-3H3,(H,25,27)/t21-/m0/s1. The van der Waals surface area contributed by atoms with Gasteiger partial charge in [-0.25, -0.2) is 4.79 Å². The molecule has 0 saturated heterocycles. The first-order valence-electron chi connectivity index (χ1n) is 9.71. The Hall–Kier alpha value is -3.13. The smallest absolute Gasteiger partial charge is 0.329 e. The number of hydrogen-bond acceptors (Lipinski definition) is 6. The van der Waals surface area contributed by atoms with Crippen molar-refractivity contribution < 1.29 is 23.6 Å². The minimum atomic E-state index is -0.802. The summed E-state index contributed by atoms with van der Waals surface area (Å²) in [6.07, 6.45) is 0. The van der Waals surface area contributed by atoms with Crippen molar-refractivity contribution in [1.82, 2.24) is 10.5 Å². The molecule has 0 aliphatic rings. The summed E-state index contributed by atoms with van der Waals surface area (Å²) in [6, 6.07) is 15.3. The summed E-state index contributed by atoms with van der Waals surface area (Å²) < 4.78 is 16.5. The van der Waals surface area contributed by atoms with Gasteiger partial charge in [-0.2, -0.15) is 0 Å². The van der Waals surface area contributed by atoms with Crippen molar-refractivity contribution in [1.29, 1.82) is 0 Å². The van der Waals surface area contributed by atoms with E-state index in [-0.39, 0.29) is 18.4 Å². The van der Waals surface area contributed by atoms with Crippen LogP contribution in [0.25, 0.3) is 11.3 Å². The van der Waals surface area contributed by atoms with E-state index in [2.05, 4.69) is 26.4 Å². The third-order valence-corrected chi connectivity index (χ3v) is 5.32. The molecule has 2 aromatic carbocycles. The van der Waals surface area contributed by atoms with Gasteiger partial charge in [-0.1, -0.05) is 31.1 Å². The summed E-state index contributed by atoms with van der Waals surface area (Å²) >= 11 is 3.35. The fourth-order valence-electron chi connectivity index (χ4n) is 2.87. The monoisotopic (exact) mass is 486 g/mol. The lowest BCUT2D eigenvalue weighted by Gasteiger charge is -2.20. The number of carbonyl (C=O) groups is 2. The number of halogens is 1. The van der Waals surface area contributed by atoms with Crippen LogP contribution in [-0.2, 0) is 16.1 Å². The van der Waals surface area contributed by atoms with Crippen LogP contribution in [0.1, 0.15) is 30.0 Å². The van der Waals surface area contributed by atoms with Gasteiger partial charge in [0.05, 0.1) is 12.7 Å². The highest BCUT2D eigenvalue weighted by atomic mass is 79.9. The first-order valence-corrected chi connectivity index (χ1v) is 10.5. The summed E-state index contributed by atoms with van der Waals surface area (Å²) in [5.41, 5.74) is 1.92. The first kappa shape index (κ1) is 22.6. The van der Waals surface area contributed by atoms with Crippen molar-refractivity contribution in [3.05, 3.63) is 70.4 Å². The molecular formula is C23H23BrN2O5. The van der Waals surface area contributed by atoms with E-state index < -0.39 is 12.0 Å². The quantitative estimate of drug-likeness (QED) is 0.467. The molecule has 0 radical (unpaired) electrons. The van der Waals surface area contributed by atoms with Gasteiger partial charge in [-0.15, -0.1) is 0 Å². The second-order valence-electron chi connectivity index (χ2n) is 7.19. The van der Waals surface area contributed by atoms with Gasteiger partial charge in [0, 0.05) is 16.1 Å². The van der Waals surface area contributed by atoms with Gasteiger partial charge in [0.1, 0.15) is 17.5 Å². The first-order chi connectivity index (χ1) is 14.9. The van der Waals surface area contributed by atoms with Crippen LogP contribution >= 0.6 is 15.9 Å². The molecule has 1 amide bonds.